The SMILES string of the molecule is CC.CC.[CH2-]CN(C[CH2-])c1ccc2nnc(C(F)(F)F)n2n1.[Y+3].[c-]1ccc(OCN2CCNCC2)cc1. The minimum absolute atomic E-state index is 0. The summed E-state index contributed by atoms with van der Waals surface area (Å²) in [6.45, 7) is 21.0. The van der Waals surface area contributed by atoms with Gasteiger partial charge in [-0.05, 0) is 12.1 Å². The van der Waals surface area contributed by atoms with Crippen LogP contribution in [0, 0.1) is 19.9 Å². The fourth-order valence-corrected chi connectivity index (χ4v) is 2.94. The maximum Gasteiger partial charge on any atom is 3.00 e. The van der Waals surface area contributed by atoms with Crippen LogP contribution in [0.3, 0.4) is 0 Å². The van der Waals surface area contributed by atoms with Crippen LogP contribution in [0.4, 0.5) is 19.0 Å². The van der Waals surface area contributed by atoms with Gasteiger partial charge in [0.15, 0.2) is 5.65 Å². The number of rotatable bonds is 6. The Kier molecular flexibility index (Phi) is 18.3. The molecular weight excluding hydrogens is 560 g/mol. The number of ether oxygens (including phenoxy) is 1. The van der Waals surface area contributed by atoms with E-state index in [-0.39, 0.29) is 38.4 Å². The zero-order valence-corrected chi connectivity index (χ0v) is 25.0. The van der Waals surface area contributed by atoms with Crippen LogP contribution in [0.15, 0.2) is 36.4 Å². The van der Waals surface area contributed by atoms with Gasteiger partial charge < -0.3 is 28.8 Å². The first kappa shape index (κ1) is 35.2. The first-order valence-electron chi connectivity index (χ1n) is 12.1. The maximum atomic E-state index is 12.6. The van der Waals surface area contributed by atoms with Gasteiger partial charge in [0.1, 0.15) is 12.5 Å². The second-order valence-corrected chi connectivity index (χ2v) is 6.85. The van der Waals surface area contributed by atoms with Gasteiger partial charge >= 0.3 is 38.9 Å². The molecule has 1 aromatic carbocycles. The van der Waals surface area contributed by atoms with Gasteiger partial charge in [-0.1, -0.05) is 27.7 Å². The van der Waals surface area contributed by atoms with Crippen molar-refractivity contribution in [3.63, 3.8) is 0 Å². The largest absolute Gasteiger partial charge is 3.00 e. The normalized spacial score (nSPS) is 13.0. The van der Waals surface area contributed by atoms with Gasteiger partial charge in [0.05, 0.1) is 0 Å². The Morgan fingerprint density at radius 1 is 1.00 bits per heavy atom. The van der Waals surface area contributed by atoms with E-state index in [1.165, 1.54) is 6.07 Å². The Balaban J connectivity index is 0.000000615. The van der Waals surface area contributed by atoms with Crippen LogP contribution < -0.4 is 15.0 Å². The maximum absolute atomic E-state index is 12.6. The van der Waals surface area contributed by atoms with Gasteiger partial charge in [-0.25, -0.2) is 0 Å². The number of anilines is 1. The molecule has 37 heavy (non-hydrogen) atoms. The van der Waals surface area contributed by atoms with Gasteiger partial charge in [0, 0.05) is 31.9 Å². The number of fused-ring (bicyclic) bond motifs is 1. The monoisotopic (exact) mass is 597 g/mol. The summed E-state index contributed by atoms with van der Waals surface area (Å²) < 4.78 is 44.2. The molecule has 3 heterocycles. The fraction of sp³-hybridized carbons (Fsp3) is 0.480. The summed E-state index contributed by atoms with van der Waals surface area (Å²) in [7, 11) is 0. The van der Waals surface area contributed by atoms with Crippen molar-refractivity contribution < 1.29 is 50.6 Å². The first-order chi connectivity index (χ1) is 17.4. The fourth-order valence-electron chi connectivity index (χ4n) is 2.94. The Bertz CT molecular complexity index is 964. The van der Waals surface area contributed by atoms with Crippen molar-refractivity contribution >= 4 is 11.5 Å². The molecule has 12 heteroatoms. The molecule has 1 aliphatic heterocycles. The second-order valence-electron chi connectivity index (χ2n) is 6.85. The summed E-state index contributed by atoms with van der Waals surface area (Å²) in [6.07, 6.45) is -4.59. The molecule has 2 aromatic heterocycles. The van der Waals surface area contributed by atoms with Crippen molar-refractivity contribution in [1.29, 1.82) is 0 Å². The van der Waals surface area contributed by atoms with Crippen molar-refractivity contribution in [2.75, 3.05) is 50.9 Å². The smallest absolute Gasteiger partial charge is 0.504 e. The molecule has 4 rings (SSSR count). The van der Waals surface area contributed by atoms with Gasteiger partial charge in [-0.2, -0.15) is 35.9 Å². The van der Waals surface area contributed by atoms with E-state index in [0.29, 0.717) is 30.2 Å². The van der Waals surface area contributed by atoms with Crippen LogP contribution in [-0.4, -0.2) is 70.7 Å². The van der Waals surface area contributed by atoms with Crippen LogP contribution in [0.2, 0.25) is 0 Å². The first-order valence-corrected chi connectivity index (χ1v) is 12.1. The molecule has 1 aliphatic rings. The molecule has 0 bridgehead atoms. The zero-order valence-electron chi connectivity index (χ0n) is 22.1. The number of hydrogen-bond acceptors (Lipinski definition) is 7. The van der Waals surface area contributed by atoms with Crippen LogP contribution in [0.5, 0.6) is 5.75 Å². The molecule has 202 valence electrons. The van der Waals surface area contributed by atoms with Gasteiger partial charge in [-0.15, -0.1) is 40.5 Å². The van der Waals surface area contributed by atoms with E-state index in [0.717, 1.165) is 31.9 Å². The minimum Gasteiger partial charge on any atom is -0.504 e. The summed E-state index contributed by atoms with van der Waals surface area (Å²) in [6, 6.07) is 13.5. The van der Waals surface area contributed by atoms with Crippen molar-refractivity contribution in [2.45, 2.75) is 33.9 Å². The van der Waals surface area contributed by atoms with Gasteiger partial charge in [0.25, 0.3) is 5.82 Å². The molecule has 0 amide bonds. The number of nitrogens with one attached hydrogen (secondary N) is 1. The van der Waals surface area contributed by atoms with E-state index in [1.54, 1.807) is 11.0 Å². The van der Waals surface area contributed by atoms with Crippen molar-refractivity contribution in [3.8, 4) is 5.75 Å². The Hall–Kier alpha value is -1.82. The molecule has 1 saturated heterocycles. The third-order valence-electron chi connectivity index (χ3n) is 4.68. The topological polar surface area (TPSA) is 70.8 Å². The van der Waals surface area contributed by atoms with Gasteiger partial charge in [0.2, 0.25) is 0 Å². The quantitative estimate of drug-likeness (QED) is 0.423. The molecule has 0 unspecified atom stereocenters. The molecule has 0 radical (unpaired) electrons. The van der Waals surface area contributed by atoms with Crippen LogP contribution in [0.25, 0.3) is 5.65 Å². The predicted octanol–water partition coefficient (Wildman–Crippen LogP) is 4.40. The molecule has 0 atom stereocenters. The minimum atomic E-state index is -4.59. The van der Waals surface area contributed by atoms with E-state index >= 15 is 0 Å². The molecule has 1 N–H and O–H groups in total. The van der Waals surface area contributed by atoms with E-state index in [9.17, 15) is 13.2 Å². The number of alkyl halides is 3. The Labute approximate surface area is 243 Å². The molecule has 0 aliphatic carbocycles. The Morgan fingerprint density at radius 3 is 2.14 bits per heavy atom. The number of hydrogen-bond donors (Lipinski definition) is 1. The average Bonchev–Trinajstić information content (AvgIpc) is 3.36. The second kappa shape index (κ2) is 19.3. The number of piperazine rings is 1. The third kappa shape index (κ3) is 11.6. The third-order valence-corrected chi connectivity index (χ3v) is 4.68. The summed E-state index contributed by atoms with van der Waals surface area (Å²) >= 11 is 0. The molecule has 0 spiro atoms. The number of benzene rings is 1. The molecule has 8 nitrogen and oxygen atoms in total. The molecule has 1 fully saturated rings. The van der Waals surface area contributed by atoms with Crippen LogP contribution >= 0.6 is 0 Å². The van der Waals surface area contributed by atoms with Crippen molar-refractivity contribution in [1.82, 2.24) is 30.0 Å². The molecule has 0 saturated carbocycles. The zero-order chi connectivity index (χ0) is 27.0. The molecular formula is C25H37F3N7OY. The van der Waals surface area contributed by atoms with Gasteiger partial charge in [-0.3, -0.25) is 4.90 Å². The van der Waals surface area contributed by atoms with E-state index < -0.39 is 12.0 Å². The predicted molar refractivity (Wildman–Crippen MR) is 137 cm³/mol. The summed E-state index contributed by atoms with van der Waals surface area (Å²) in [5.74, 6) is 0.118. The van der Waals surface area contributed by atoms with E-state index in [4.69, 9.17) is 4.74 Å². The Morgan fingerprint density at radius 2 is 1.59 bits per heavy atom. The summed E-state index contributed by atoms with van der Waals surface area (Å²) in [4.78, 5) is 3.92. The van der Waals surface area contributed by atoms with E-state index in [2.05, 4.69) is 45.4 Å². The molecule has 3 aromatic rings. The standard InChI is InChI=1S/C11H15N2O.C10H10F3N5.2C2H6.Y/c1-2-4-11(5-3-1)14-10-13-8-6-12-7-9-13;1-3-17(4-2)8-6-5-7-14-15-9(10(11,12)13)18(7)16-8;2*1-2;/h2-5,12H,6-10H2;5-6H,1-4H2;2*1-2H3;/q-1;-2;;;+3. The summed E-state index contributed by atoms with van der Waals surface area (Å²) in [5, 5.41) is 13.7. The van der Waals surface area contributed by atoms with Crippen molar-refractivity contribution in [3.05, 3.63) is 62.1 Å². The van der Waals surface area contributed by atoms with E-state index in [1.807, 2.05) is 52.0 Å². The van der Waals surface area contributed by atoms with Crippen molar-refractivity contribution in [2.24, 2.45) is 0 Å². The summed E-state index contributed by atoms with van der Waals surface area (Å²) in [5.41, 5.74) is 0.0409. The average molecular weight is 598 g/mol. The number of aromatic nitrogens is 4. The number of halogens is 3. The van der Waals surface area contributed by atoms with Crippen LogP contribution in [-0.2, 0) is 38.9 Å². The number of nitrogens with zero attached hydrogens (tertiary/aromatic N) is 6. The van der Waals surface area contributed by atoms with Crippen LogP contribution in [0.1, 0.15) is 33.5 Å².